The molecule has 1 heterocycles. The second-order valence-corrected chi connectivity index (χ2v) is 6.72. The first-order valence-electron chi connectivity index (χ1n) is 9.36. The molecule has 1 saturated heterocycles. The fourth-order valence-corrected chi connectivity index (χ4v) is 3.34. The van der Waals surface area contributed by atoms with Crippen molar-refractivity contribution in [2.45, 2.75) is 6.04 Å². The summed E-state index contributed by atoms with van der Waals surface area (Å²) in [5.74, 6) is -2.22. The van der Waals surface area contributed by atoms with Crippen molar-refractivity contribution in [3.05, 3.63) is 75.3 Å². The van der Waals surface area contributed by atoms with Crippen molar-refractivity contribution in [3.8, 4) is 5.75 Å². The van der Waals surface area contributed by atoms with Gasteiger partial charge >= 0.3 is 0 Å². The topological polar surface area (TPSA) is 150 Å². The molecule has 0 spiro atoms. The largest absolute Gasteiger partial charge is 0.508 e. The average Bonchev–Trinajstić information content (AvgIpc) is 3.01. The predicted octanol–water partition coefficient (Wildman–Crippen LogP) is 1.73. The summed E-state index contributed by atoms with van der Waals surface area (Å²) in [5, 5.41) is 40.1. The first-order chi connectivity index (χ1) is 14.8. The number of phenols is 1. The van der Waals surface area contributed by atoms with E-state index < -0.39 is 28.4 Å². The molecular weight excluding hydrogens is 408 g/mol. The molecule has 0 aliphatic carbocycles. The predicted molar refractivity (Wildman–Crippen MR) is 108 cm³/mol. The molecule has 0 aromatic heterocycles. The summed E-state index contributed by atoms with van der Waals surface area (Å²) >= 11 is 0. The number of phenolic OH excluding ortho intramolecular Hbond substituents is 1. The highest BCUT2D eigenvalue weighted by Crippen LogP contribution is 2.39. The highest BCUT2D eigenvalue weighted by molar-refractivity contribution is 6.46. The molecule has 1 fully saturated rings. The first kappa shape index (κ1) is 21.9. The van der Waals surface area contributed by atoms with Crippen molar-refractivity contribution in [3.63, 3.8) is 0 Å². The summed E-state index contributed by atoms with van der Waals surface area (Å²) in [6, 6.07) is 9.83. The maximum absolute atomic E-state index is 12.8. The molecule has 0 unspecified atom stereocenters. The van der Waals surface area contributed by atoms with E-state index in [1.807, 2.05) is 0 Å². The van der Waals surface area contributed by atoms with Crippen LogP contribution in [0.2, 0.25) is 0 Å². The van der Waals surface area contributed by atoms with Gasteiger partial charge in [0.15, 0.2) is 0 Å². The molecule has 0 saturated carbocycles. The van der Waals surface area contributed by atoms with Gasteiger partial charge in [-0.3, -0.25) is 19.7 Å². The number of benzene rings is 2. The lowest BCUT2D eigenvalue weighted by Crippen LogP contribution is -2.33. The summed E-state index contributed by atoms with van der Waals surface area (Å²) in [4.78, 5) is 37.0. The van der Waals surface area contributed by atoms with Crippen LogP contribution in [0, 0.1) is 10.1 Å². The summed E-state index contributed by atoms with van der Waals surface area (Å²) < 4.78 is 5.21. The molecule has 1 aliphatic heterocycles. The van der Waals surface area contributed by atoms with Crippen LogP contribution in [0.3, 0.4) is 0 Å². The maximum Gasteiger partial charge on any atom is 0.295 e. The van der Waals surface area contributed by atoms with E-state index in [1.54, 1.807) is 0 Å². The third kappa shape index (κ3) is 4.55. The SMILES string of the molecule is O=C1C(=O)N(CCOCCO)[C@H](c2ccc(O)cc2)C1=C(O)c1ccc([N+](=O)[O-])cc1. The van der Waals surface area contributed by atoms with Gasteiger partial charge in [0.1, 0.15) is 11.5 Å². The fraction of sp³-hybridized carbons (Fsp3) is 0.238. The zero-order valence-electron chi connectivity index (χ0n) is 16.3. The number of carbonyl (C=O) groups is 2. The Morgan fingerprint density at radius 3 is 2.29 bits per heavy atom. The number of ether oxygens (including phenoxy) is 1. The lowest BCUT2D eigenvalue weighted by Gasteiger charge is -2.25. The number of aliphatic hydroxyl groups is 2. The van der Waals surface area contributed by atoms with Gasteiger partial charge in [0.25, 0.3) is 17.4 Å². The smallest absolute Gasteiger partial charge is 0.295 e. The molecule has 1 atom stereocenters. The first-order valence-corrected chi connectivity index (χ1v) is 9.36. The Bertz CT molecular complexity index is 1010. The Balaban J connectivity index is 2.05. The number of rotatable bonds is 8. The van der Waals surface area contributed by atoms with Crippen LogP contribution in [0.25, 0.3) is 5.76 Å². The number of amides is 1. The lowest BCUT2D eigenvalue weighted by molar-refractivity contribution is -0.384. The molecule has 10 heteroatoms. The number of likely N-dealkylation sites (tertiary alicyclic amines) is 1. The van der Waals surface area contributed by atoms with E-state index in [0.717, 1.165) is 0 Å². The van der Waals surface area contributed by atoms with E-state index in [2.05, 4.69) is 0 Å². The standard InChI is InChI=1S/C21H20N2O8/c24-10-12-31-11-9-22-18(13-3-7-16(25)8-4-13)17(20(27)21(22)28)19(26)14-1-5-15(6-2-14)23(29)30/h1-8,18,24-26H,9-12H2/t18-/m1/s1. The van der Waals surface area contributed by atoms with Crippen LogP contribution in [-0.2, 0) is 14.3 Å². The Labute approximate surface area is 176 Å². The fourth-order valence-electron chi connectivity index (χ4n) is 3.34. The lowest BCUT2D eigenvalue weighted by atomic mass is 9.95. The number of non-ortho nitro benzene ring substituents is 1. The maximum atomic E-state index is 12.8. The molecule has 2 aromatic rings. The Morgan fingerprint density at radius 1 is 1.06 bits per heavy atom. The van der Waals surface area contributed by atoms with Gasteiger partial charge in [-0.1, -0.05) is 12.1 Å². The number of nitrogens with zero attached hydrogens (tertiary/aromatic N) is 2. The molecule has 162 valence electrons. The van der Waals surface area contributed by atoms with E-state index >= 15 is 0 Å². The van der Waals surface area contributed by atoms with E-state index in [-0.39, 0.29) is 48.9 Å². The van der Waals surface area contributed by atoms with Gasteiger partial charge in [0, 0.05) is 24.2 Å². The molecular formula is C21H20N2O8. The van der Waals surface area contributed by atoms with Crippen LogP contribution in [0.1, 0.15) is 17.2 Å². The molecule has 31 heavy (non-hydrogen) atoms. The van der Waals surface area contributed by atoms with Crippen molar-refractivity contribution >= 4 is 23.1 Å². The highest BCUT2D eigenvalue weighted by atomic mass is 16.6. The second-order valence-electron chi connectivity index (χ2n) is 6.72. The van der Waals surface area contributed by atoms with Gasteiger partial charge in [0.05, 0.1) is 36.4 Å². The van der Waals surface area contributed by atoms with E-state index in [0.29, 0.717) is 5.56 Å². The number of nitro benzene ring substituents is 1. The molecule has 3 N–H and O–H groups in total. The third-order valence-electron chi connectivity index (χ3n) is 4.81. The van der Waals surface area contributed by atoms with Gasteiger partial charge < -0.3 is 25.0 Å². The molecule has 1 amide bonds. The molecule has 1 aliphatic rings. The van der Waals surface area contributed by atoms with Crippen LogP contribution in [0.4, 0.5) is 5.69 Å². The minimum Gasteiger partial charge on any atom is -0.508 e. The van der Waals surface area contributed by atoms with Crippen molar-refractivity contribution < 1.29 is 34.6 Å². The molecule has 2 aromatic carbocycles. The number of aromatic hydroxyl groups is 1. The summed E-state index contributed by atoms with van der Waals surface area (Å²) in [5.41, 5.74) is 0.256. The van der Waals surface area contributed by atoms with Crippen LogP contribution in [0.15, 0.2) is 54.1 Å². The number of nitro groups is 1. The van der Waals surface area contributed by atoms with Crippen molar-refractivity contribution in [1.29, 1.82) is 0 Å². The molecule has 3 rings (SSSR count). The van der Waals surface area contributed by atoms with E-state index in [9.17, 15) is 29.9 Å². The number of ketones is 1. The Kier molecular flexibility index (Phi) is 6.63. The molecule has 0 bridgehead atoms. The Hall–Kier alpha value is -3.76. The number of hydrogen-bond acceptors (Lipinski definition) is 8. The van der Waals surface area contributed by atoms with Crippen molar-refractivity contribution in [1.82, 2.24) is 4.90 Å². The normalized spacial score (nSPS) is 17.8. The van der Waals surface area contributed by atoms with Gasteiger partial charge in [-0.2, -0.15) is 0 Å². The minimum atomic E-state index is -0.950. The quantitative estimate of drug-likeness (QED) is 0.144. The summed E-state index contributed by atoms with van der Waals surface area (Å²) in [7, 11) is 0. The van der Waals surface area contributed by atoms with Gasteiger partial charge in [0.2, 0.25) is 0 Å². The zero-order chi connectivity index (χ0) is 22.5. The number of carbonyl (C=O) groups excluding carboxylic acids is 2. The summed E-state index contributed by atoms with van der Waals surface area (Å²) in [6.45, 7) is -0.0517. The van der Waals surface area contributed by atoms with Gasteiger partial charge in [-0.05, 0) is 29.8 Å². The van der Waals surface area contributed by atoms with E-state index in [1.165, 1.54) is 53.4 Å². The average molecular weight is 428 g/mol. The molecule has 0 radical (unpaired) electrons. The monoisotopic (exact) mass is 428 g/mol. The third-order valence-corrected chi connectivity index (χ3v) is 4.81. The zero-order valence-corrected chi connectivity index (χ0v) is 16.3. The van der Waals surface area contributed by atoms with Crippen molar-refractivity contribution in [2.75, 3.05) is 26.4 Å². The minimum absolute atomic E-state index is 0.0117. The van der Waals surface area contributed by atoms with Gasteiger partial charge in [-0.15, -0.1) is 0 Å². The number of Topliss-reactive ketones (excluding diaryl/α,β-unsaturated/α-hetero) is 1. The van der Waals surface area contributed by atoms with Crippen LogP contribution >= 0.6 is 0 Å². The van der Waals surface area contributed by atoms with Crippen molar-refractivity contribution in [2.24, 2.45) is 0 Å². The number of aliphatic hydroxyl groups excluding tert-OH is 2. The van der Waals surface area contributed by atoms with Crippen LogP contribution in [0.5, 0.6) is 5.75 Å². The highest BCUT2D eigenvalue weighted by Gasteiger charge is 2.45. The number of hydrogen-bond donors (Lipinski definition) is 3. The second kappa shape index (κ2) is 9.37. The molecule has 10 nitrogen and oxygen atoms in total. The van der Waals surface area contributed by atoms with E-state index in [4.69, 9.17) is 9.84 Å². The van der Waals surface area contributed by atoms with Gasteiger partial charge in [-0.25, -0.2) is 0 Å². The summed E-state index contributed by atoms with van der Waals surface area (Å²) in [6.07, 6.45) is 0. The van der Waals surface area contributed by atoms with Crippen LogP contribution < -0.4 is 0 Å². The Morgan fingerprint density at radius 2 is 1.71 bits per heavy atom. The van der Waals surface area contributed by atoms with Crippen LogP contribution in [-0.4, -0.2) is 63.2 Å².